The number of carbonyl (C=O) groups excluding carboxylic acids is 1. The van der Waals surface area contributed by atoms with Gasteiger partial charge in [-0.25, -0.2) is 0 Å². The van der Waals surface area contributed by atoms with E-state index in [1.54, 1.807) is 48.5 Å². The highest BCUT2D eigenvalue weighted by Crippen LogP contribution is 2.15. The lowest BCUT2D eigenvalue weighted by atomic mass is 10.0. The number of halogens is 3. The third-order valence-electron chi connectivity index (χ3n) is 2.21. The molecule has 1 nitrogen and oxygen atoms in total. The third-order valence-corrected chi connectivity index (χ3v) is 2.72. The van der Waals surface area contributed by atoms with Crippen LogP contribution in [0.4, 0.5) is 0 Å². The molecule has 2 rings (SSSR count). The first-order valence-corrected chi connectivity index (χ1v) is 5.48. The van der Waals surface area contributed by atoms with E-state index in [0.717, 1.165) is 0 Å². The number of carbonyl (C=O) groups is 1. The van der Waals surface area contributed by atoms with Gasteiger partial charge in [0.1, 0.15) is 0 Å². The summed E-state index contributed by atoms with van der Waals surface area (Å²) in [5.41, 5.74) is 1.23. The van der Waals surface area contributed by atoms with Gasteiger partial charge in [0, 0.05) is 21.2 Å². The molecule has 0 amide bonds. The number of rotatable bonds is 2. The van der Waals surface area contributed by atoms with Crippen molar-refractivity contribution in [3.05, 3.63) is 69.7 Å². The minimum Gasteiger partial charge on any atom is -0.289 e. The Hall–Kier alpha value is -1.02. The largest absolute Gasteiger partial charge is 0.289 e. The summed E-state index contributed by atoms with van der Waals surface area (Å²) in [6.45, 7) is 0. The Morgan fingerprint density at radius 2 is 1.00 bits per heavy atom. The molecule has 0 aromatic heterocycles. The SMILES string of the molecule is Cl.O=C(c1ccc(Cl)cc1)c1ccc(Cl)cc1. The average molecular weight is 288 g/mol. The predicted molar refractivity (Wildman–Crippen MR) is 73.6 cm³/mol. The molecular weight excluding hydrogens is 279 g/mol. The standard InChI is InChI=1S/C13H8Cl2O.ClH/c14-11-5-1-9(2-6-11)13(16)10-3-7-12(15)8-4-10;/h1-8H;1H. The summed E-state index contributed by atoms with van der Waals surface area (Å²) in [6, 6.07) is 13.6. The predicted octanol–water partition coefficient (Wildman–Crippen LogP) is 4.65. The molecule has 0 fully saturated rings. The summed E-state index contributed by atoms with van der Waals surface area (Å²) in [5.74, 6) is -0.0340. The molecular formula is C13H9Cl3O. The summed E-state index contributed by atoms with van der Waals surface area (Å²) >= 11 is 11.5. The average Bonchev–Trinajstić information content (AvgIpc) is 2.30. The van der Waals surface area contributed by atoms with Crippen molar-refractivity contribution in [3.63, 3.8) is 0 Å². The fraction of sp³-hybridized carbons (Fsp3) is 0. The van der Waals surface area contributed by atoms with Gasteiger partial charge in [-0.2, -0.15) is 0 Å². The highest BCUT2D eigenvalue weighted by molar-refractivity contribution is 6.31. The zero-order valence-electron chi connectivity index (χ0n) is 8.69. The van der Waals surface area contributed by atoms with E-state index in [2.05, 4.69) is 0 Å². The van der Waals surface area contributed by atoms with Crippen molar-refractivity contribution in [1.29, 1.82) is 0 Å². The first-order chi connectivity index (χ1) is 7.66. The third kappa shape index (κ3) is 3.47. The van der Waals surface area contributed by atoms with Crippen LogP contribution >= 0.6 is 35.6 Å². The molecule has 0 atom stereocenters. The fourth-order valence-corrected chi connectivity index (χ4v) is 1.62. The lowest BCUT2D eigenvalue weighted by molar-refractivity contribution is 0.103. The van der Waals surface area contributed by atoms with Crippen LogP contribution in [0, 0.1) is 0 Å². The molecule has 0 saturated heterocycles. The normalized spacial score (nSPS) is 9.53. The zero-order valence-corrected chi connectivity index (χ0v) is 11.0. The van der Waals surface area contributed by atoms with Gasteiger partial charge in [-0.3, -0.25) is 4.79 Å². The molecule has 4 heteroatoms. The topological polar surface area (TPSA) is 17.1 Å². The van der Waals surface area contributed by atoms with Crippen molar-refractivity contribution in [3.8, 4) is 0 Å². The van der Waals surface area contributed by atoms with E-state index < -0.39 is 0 Å². The molecule has 0 bridgehead atoms. The van der Waals surface area contributed by atoms with Gasteiger partial charge in [-0.1, -0.05) is 23.2 Å². The smallest absolute Gasteiger partial charge is 0.193 e. The summed E-state index contributed by atoms with van der Waals surface area (Å²) in [6.07, 6.45) is 0. The molecule has 0 aliphatic carbocycles. The van der Waals surface area contributed by atoms with Crippen molar-refractivity contribution in [2.75, 3.05) is 0 Å². The van der Waals surface area contributed by atoms with E-state index in [-0.39, 0.29) is 18.2 Å². The Labute approximate surface area is 116 Å². The second-order valence-electron chi connectivity index (χ2n) is 3.34. The molecule has 0 N–H and O–H groups in total. The maximum Gasteiger partial charge on any atom is 0.193 e. The summed E-state index contributed by atoms with van der Waals surface area (Å²) in [7, 11) is 0. The van der Waals surface area contributed by atoms with Crippen molar-refractivity contribution < 1.29 is 4.79 Å². The van der Waals surface area contributed by atoms with Crippen LogP contribution in [0.25, 0.3) is 0 Å². The maximum atomic E-state index is 12.0. The van der Waals surface area contributed by atoms with E-state index >= 15 is 0 Å². The Kier molecular flexibility index (Phi) is 5.01. The van der Waals surface area contributed by atoms with Crippen LogP contribution in [0.5, 0.6) is 0 Å². The van der Waals surface area contributed by atoms with Gasteiger partial charge in [-0.15, -0.1) is 12.4 Å². The lowest BCUT2D eigenvalue weighted by Crippen LogP contribution is -2.00. The quantitative estimate of drug-likeness (QED) is 0.735. The molecule has 2 aromatic carbocycles. The van der Waals surface area contributed by atoms with Gasteiger partial charge < -0.3 is 0 Å². The van der Waals surface area contributed by atoms with Gasteiger partial charge in [0.05, 0.1) is 0 Å². The van der Waals surface area contributed by atoms with E-state index in [1.807, 2.05) is 0 Å². The minimum absolute atomic E-state index is 0. The Bertz CT molecular complexity index is 456. The Balaban J connectivity index is 0.00000144. The molecule has 0 radical (unpaired) electrons. The van der Waals surface area contributed by atoms with E-state index in [1.165, 1.54) is 0 Å². The van der Waals surface area contributed by atoms with Crippen LogP contribution in [0.15, 0.2) is 48.5 Å². The van der Waals surface area contributed by atoms with E-state index in [4.69, 9.17) is 23.2 Å². The van der Waals surface area contributed by atoms with Crippen molar-refractivity contribution in [1.82, 2.24) is 0 Å². The van der Waals surface area contributed by atoms with Crippen LogP contribution in [-0.2, 0) is 0 Å². The van der Waals surface area contributed by atoms with Crippen LogP contribution in [0.3, 0.4) is 0 Å². The summed E-state index contributed by atoms with van der Waals surface area (Å²) < 4.78 is 0. The minimum atomic E-state index is -0.0340. The Morgan fingerprint density at radius 1 is 0.706 bits per heavy atom. The van der Waals surface area contributed by atoms with Gasteiger partial charge in [0.2, 0.25) is 0 Å². The van der Waals surface area contributed by atoms with E-state index in [9.17, 15) is 4.79 Å². The number of hydrogen-bond donors (Lipinski definition) is 0. The zero-order chi connectivity index (χ0) is 11.5. The second kappa shape index (κ2) is 6.06. The maximum absolute atomic E-state index is 12.0. The first kappa shape index (κ1) is 14.0. The molecule has 2 aromatic rings. The molecule has 0 aliphatic rings. The molecule has 0 unspecified atom stereocenters. The van der Waals surface area contributed by atoms with Crippen molar-refractivity contribution in [2.24, 2.45) is 0 Å². The summed E-state index contributed by atoms with van der Waals surface area (Å²) in [4.78, 5) is 12.0. The van der Waals surface area contributed by atoms with Crippen molar-refractivity contribution in [2.45, 2.75) is 0 Å². The lowest BCUT2D eigenvalue weighted by Gasteiger charge is -2.01. The fourth-order valence-electron chi connectivity index (χ4n) is 1.37. The van der Waals surface area contributed by atoms with Crippen LogP contribution in [-0.4, -0.2) is 5.78 Å². The molecule has 0 saturated carbocycles. The molecule has 0 spiro atoms. The van der Waals surface area contributed by atoms with Crippen LogP contribution in [0.2, 0.25) is 10.0 Å². The highest BCUT2D eigenvalue weighted by Gasteiger charge is 2.08. The second-order valence-corrected chi connectivity index (χ2v) is 4.22. The highest BCUT2D eigenvalue weighted by atomic mass is 35.5. The van der Waals surface area contributed by atoms with Crippen LogP contribution in [0.1, 0.15) is 15.9 Å². The molecule has 0 aliphatic heterocycles. The van der Waals surface area contributed by atoms with Gasteiger partial charge >= 0.3 is 0 Å². The Morgan fingerprint density at radius 3 is 1.29 bits per heavy atom. The van der Waals surface area contributed by atoms with Crippen molar-refractivity contribution >= 4 is 41.4 Å². The monoisotopic (exact) mass is 286 g/mol. The molecule has 88 valence electrons. The van der Waals surface area contributed by atoms with E-state index in [0.29, 0.717) is 21.2 Å². The number of ketones is 1. The molecule has 17 heavy (non-hydrogen) atoms. The number of hydrogen-bond acceptors (Lipinski definition) is 1. The first-order valence-electron chi connectivity index (χ1n) is 4.72. The molecule has 0 heterocycles. The van der Waals surface area contributed by atoms with Gasteiger partial charge in [-0.05, 0) is 48.5 Å². The van der Waals surface area contributed by atoms with Gasteiger partial charge in [0.25, 0.3) is 0 Å². The van der Waals surface area contributed by atoms with Gasteiger partial charge in [0.15, 0.2) is 5.78 Å². The van der Waals surface area contributed by atoms with Crippen LogP contribution < -0.4 is 0 Å². The summed E-state index contributed by atoms with van der Waals surface area (Å²) in [5, 5.41) is 1.24. The number of benzene rings is 2.